The average Bonchev–Trinajstić information content (AvgIpc) is 2.43. The minimum absolute atomic E-state index is 0.0138. The lowest BCUT2D eigenvalue weighted by Gasteiger charge is -2.18. The Kier molecular flexibility index (Phi) is 3.15. The number of hydrogen-bond acceptors (Lipinski definition) is 4. The van der Waals surface area contributed by atoms with Crippen LogP contribution in [-0.2, 0) is 14.4 Å². The van der Waals surface area contributed by atoms with E-state index in [0.717, 1.165) is 0 Å². The van der Waals surface area contributed by atoms with E-state index in [9.17, 15) is 4.79 Å². The van der Waals surface area contributed by atoms with Gasteiger partial charge in [-0.1, -0.05) is 11.6 Å². The monoisotopic (exact) mass is 228 g/mol. The van der Waals surface area contributed by atoms with Crippen molar-refractivity contribution in [2.24, 2.45) is 0 Å². The Bertz CT molecular complexity index is 372. The lowest BCUT2D eigenvalue weighted by Crippen LogP contribution is -2.31. The summed E-state index contributed by atoms with van der Waals surface area (Å²) in [6, 6.07) is 3.21. The number of carbonyl (C=O) groups excluding carboxylic acids is 1. The van der Waals surface area contributed by atoms with E-state index in [-0.39, 0.29) is 12.5 Å². The number of amides is 1. The van der Waals surface area contributed by atoms with Crippen LogP contribution in [-0.4, -0.2) is 30.7 Å². The van der Waals surface area contributed by atoms with Crippen molar-refractivity contribution < 1.29 is 14.4 Å². The summed E-state index contributed by atoms with van der Waals surface area (Å²) in [6.45, 7) is 0.757. The summed E-state index contributed by atoms with van der Waals surface area (Å²) < 4.78 is 5.02. The largest absolute Gasteiger partial charge is 0.369 e. The van der Waals surface area contributed by atoms with Crippen molar-refractivity contribution in [3.8, 4) is 0 Å². The van der Waals surface area contributed by atoms with Crippen LogP contribution in [0.1, 0.15) is 0 Å². The zero-order chi connectivity index (χ0) is 10.7. The first-order chi connectivity index (χ1) is 7.27. The third kappa shape index (κ3) is 2.44. The van der Waals surface area contributed by atoms with Crippen molar-refractivity contribution in [1.82, 2.24) is 4.98 Å². The van der Waals surface area contributed by atoms with Gasteiger partial charge in [0, 0.05) is 12.3 Å². The number of hydrogen-bond donors (Lipinski definition) is 0. The number of aromatic nitrogens is 1. The van der Waals surface area contributed by atoms with Gasteiger partial charge in [0.1, 0.15) is 11.8 Å². The number of nitrogens with zero attached hydrogens (tertiary/aromatic N) is 2. The minimum atomic E-state index is -0.255. The molecule has 0 N–H and O–H groups in total. The molecule has 0 atom stereocenters. The van der Waals surface area contributed by atoms with Gasteiger partial charge in [0.15, 0.2) is 0 Å². The first-order valence-corrected chi connectivity index (χ1v) is 4.80. The second kappa shape index (κ2) is 4.57. The maximum atomic E-state index is 11.5. The number of halogens is 1. The van der Waals surface area contributed by atoms with E-state index in [0.29, 0.717) is 24.1 Å². The molecule has 6 heteroatoms. The highest BCUT2D eigenvalue weighted by molar-refractivity contribution is 6.29. The first kappa shape index (κ1) is 10.4. The molecule has 1 aromatic rings. The van der Waals surface area contributed by atoms with Crippen molar-refractivity contribution >= 4 is 23.2 Å². The van der Waals surface area contributed by atoms with Crippen LogP contribution >= 0.6 is 11.6 Å². The van der Waals surface area contributed by atoms with Gasteiger partial charge in [-0.05, 0) is 6.07 Å². The topological polar surface area (TPSA) is 51.7 Å². The van der Waals surface area contributed by atoms with Gasteiger partial charge in [-0.2, -0.15) is 5.06 Å². The lowest BCUT2D eigenvalue weighted by molar-refractivity contribution is -0.126. The normalized spacial score (nSPS) is 17.7. The van der Waals surface area contributed by atoms with E-state index in [1.165, 1.54) is 11.3 Å². The summed E-state index contributed by atoms with van der Waals surface area (Å²) in [6.07, 6.45) is 1.51. The van der Waals surface area contributed by atoms with E-state index in [2.05, 4.69) is 4.98 Å². The van der Waals surface area contributed by atoms with E-state index in [4.69, 9.17) is 21.2 Å². The number of rotatable bonds is 1. The predicted molar refractivity (Wildman–Crippen MR) is 53.5 cm³/mol. The van der Waals surface area contributed by atoms with E-state index in [1.54, 1.807) is 12.1 Å². The molecule has 0 radical (unpaired) electrons. The summed E-state index contributed by atoms with van der Waals surface area (Å²) in [4.78, 5) is 20.6. The molecule has 2 rings (SSSR count). The van der Waals surface area contributed by atoms with Crippen LogP contribution in [0.2, 0.25) is 5.15 Å². The summed E-state index contributed by atoms with van der Waals surface area (Å²) >= 11 is 5.72. The molecule has 0 spiro atoms. The molecule has 1 aromatic heterocycles. The molecule has 1 amide bonds. The predicted octanol–water partition coefficient (Wildman–Crippen LogP) is 1.03. The number of anilines is 1. The van der Waals surface area contributed by atoms with Crippen LogP contribution in [0.25, 0.3) is 0 Å². The minimum Gasteiger partial charge on any atom is -0.369 e. The van der Waals surface area contributed by atoms with E-state index < -0.39 is 0 Å². The number of carbonyl (C=O) groups is 1. The molecule has 1 aliphatic heterocycles. The molecule has 0 saturated carbocycles. The van der Waals surface area contributed by atoms with Crippen molar-refractivity contribution in [2.45, 2.75) is 0 Å². The van der Waals surface area contributed by atoms with Crippen LogP contribution in [0.5, 0.6) is 0 Å². The van der Waals surface area contributed by atoms with Crippen LogP contribution in [0.3, 0.4) is 0 Å². The summed E-state index contributed by atoms with van der Waals surface area (Å²) in [5.41, 5.74) is 0.561. The molecule has 2 heterocycles. The van der Waals surface area contributed by atoms with Gasteiger partial charge in [-0.15, -0.1) is 0 Å². The highest BCUT2D eigenvalue weighted by Crippen LogP contribution is 2.18. The molecule has 5 nitrogen and oxygen atoms in total. The Labute approximate surface area is 91.5 Å². The molecule has 0 bridgehead atoms. The molecule has 15 heavy (non-hydrogen) atoms. The third-order valence-corrected chi connectivity index (χ3v) is 2.05. The van der Waals surface area contributed by atoms with Crippen molar-refractivity contribution in [1.29, 1.82) is 0 Å². The fourth-order valence-corrected chi connectivity index (χ4v) is 1.38. The standard InChI is InChI=1S/C9H9ClN2O3/c10-8-5-7(1-2-11-8)12-9(13)6-14-3-4-15-12/h1-2,5H,3-4,6H2. The first-order valence-electron chi connectivity index (χ1n) is 4.42. The average molecular weight is 229 g/mol. The second-order valence-corrected chi connectivity index (χ2v) is 3.30. The van der Waals surface area contributed by atoms with Gasteiger partial charge in [0.25, 0.3) is 5.91 Å². The van der Waals surface area contributed by atoms with Gasteiger partial charge in [-0.25, -0.2) is 4.98 Å². The summed E-state index contributed by atoms with van der Waals surface area (Å²) in [5, 5.41) is 1.50. The van der Waals surface area contributed by atoms with Crippen LogP contribution in [0.15, 0.2) is 18.3 Å². The van der Waals surface area contributed by atoms with Crippen molar-refractivity contribution in [3.05, 3.63) is 23.5 Å². The van der Waals surface area contributed by atoms with E-state index >= 15 is 0 Å². The molecule has 80 valence electrons. The maximum absolute atomic E-state index is 11.5. The Hall–Kier alpha value is -1.17. The number of hydroxylamine groups is 1. The molecular formula is C9H9ClN2O3. The number of pyridine rings is 1. The highest BCUT2D eigenvalue weighted by atomic mass is 35.5. The number of ether oxygens (including phenoxy) is 1. The smallest absolute Gasteiger partial charge is 0.276 e. The van der Waals surface area contributed by atoms with Gasteiger partial charge in [0.05, 0.1) is 18.9 Å². The van der Waals surface area contributed by atoms with Gasteiger partial charge in [-0.3, -0.25) is 9.63 Å². The molecule has 0 unspecified atom stereocenters. The highest BCUT2D eigenvalue weighted by Gasteiger charge is 2.20. The van der Waals surface area contributed by atoms with Gasteiger partial charge < -0.3 is 4.74 Å². The van der Waals surface area contributed by atoms with Crippen LogP contribution < -0.4 is 5.06 Å². The van der Waals surface area contributed by atoms with Crippen molar-refractivity contribution in [2.75, 3.05) is 24.9 Å². The SMILES string of the molecule is O=C1COCCON1c1ccnc(Cl)c1. The van der Waals surface area contributed by atoms with Crippen LogP contribution in [0, 0.1) is 0 Å². The Morgan fingerprint density at radius 1 is 1.47 bits per heavy atom. The molecule has 1 aliphatic rings. The van der Waals surface area contributed by atoms with Gasteiger partial charge >= 0.3 is 0 Å². The van der Waals surface area contributed by atoms with Crippen molar-refractivity contribution in [3.63, 3.8) is 0 Å². The van der Waals surface area contributed by atoms with Crippen LogP contribution in [0.4, 0.5) is 5.69 Å². The second-order valence-electron chi connectivity index (χ2n) is 2.91. The Morgan fingerprint density at radius 2 is 2.33 bits per heavy atom. The molecule has 1 fully saturated rings. The molecule has 0 aliphatic carbocycles. The zero-order valence-corrected chi connectivity index (χ0v) is 8.61. The fourth-order valence-electron chi connectivity index (χ4n) is 1.21. The lowest BCUT2D eigenvalue weighted by atomic mass is 10.4. The molecular weight excluding hydrogens is 220 g/mol. The fraction of sp³-hybridized carbons (Fsp3) is 0.333. The Balaban J connectivity index is 2.24. The Morgan fingerprint density at radius 3 is 3.13 bits per heavy atom. The third-order valence-electron chi connectivity index (χ3n) is 1.84. The summed E-state index contributed by atoms with van der Waals surface area (Å²) in [5.74, 6) is -0.255. The van der Waals surface area contributed by atoms with E-state index in [1.807, 2.05) is 0 Å². The zero-order valence-electron chi connectivity index (χ0n) is 7.85. The maximum Gasteiger partial charge on any atom is 0.276 e. The molecule has 1 saturated heterocycles. The van der Waals surface area contributed by atoms with Gasteiger partial charge in [0.2, 0.25) is 0 Å². The summed E-state index contributed by atoms with van der Waals surface area (Å²) in [7, 11) is 0. The quantitative estimate of drug-likeness (QED) is 0.674. The molecule has 0 aromatic carbocycles.